The summed E-state index contributed by atoms with van der Waals surface area (Å²) in [5.41, 5.74) is 2.03. The van der Waals surface area contributed by atoms with Crippen LogP contribution in [0, 0.1) is 0 Å². The maximum atomic E-state index is 11.8. The molecule has 0 saturated heterocycles. The summed E-state index contributed by atoms with van der Waals surface area (Å²) in [6, 6.07) is 17.2. The second-order valence-corrected chi connectivity index (χ2v) is 4.96. The summed E-state index contributed by atoms with van der Waals surface area (Å²) in [7, 11) is 0. The number of nitrogens with one attached hydrogen (secondary N) is 1. The van der Waals surface area contributed by atoms with Crippen molar-refractivity contribution in [3.05, 3.63) is 76.8 Å². The molecule has 0 aliphatic heterocycles. The highest BCUT2D eigenvalue weighted by atomic mass is 35.5. The molecule has 2 aromatic rings. The van der Waals surface area contributed by atoms with Gasteiger partial charge < -0.3 is 5.32 Å². The first-order valence-corrected chi connectivity index (χ1v) is 6.82. The summed E-state index contributed by atoms with van der Waals surface area (Å²) in [6.45, 7) is 1.96. The number of halogens is 1. The van der Waals surface area contributed by atoms with E-state index in [4.69, 9.17) is 11.6 Å². The third-order valence-electron chi connectivity index (χ3n) is 2.96. The molecule has 0 spiro atoms. The van der Waals surface area contributed by atoms with Gasteiger partial charge in [0.25, 0.3) is 0 Å². The SMILES string of the molecule is C[C@@H](NC(=O)C=Cc1ccc(Cl)cc1)c1ccccc1. The standard InChI is InChI=1S/C17H16ClNO/c1-13(15-5-3-2-4-6-15)19-17(20)12-9-14-7-10-16(18)11-8-14/h2-13H,1H3,(H,19,20)/t13-/m1/s1. The molecule has 0 bridgehead atoms. The summed E-state index contributed by atoms with van der Waals surface area (Å²) >= 11 is 5.81. The van der Waals surface area contributed by atoms with E-state index in [1.165, 1.54) is 6.08 Å². The second kappa shape index (κ2) is 6.92. The Morgan fingerprint density at radius 2 is 1.75 bits per heavy atom. The molecule has 1 N–H and O–H groups in total. The summed E-state index contributed by atoms with van der Waals surface area (Å²) in [4.78, 5) is 11.8. The van der Waals surface area contributed by atoms with Crippen molar-refractivity contribution in [3.63, 3.8) is 0 Å². The Morgan fingerprint density at radius 1 is 1.10 bits per heavy atom. The van der Waals surface area contributed by atoms with E-state index in [-0.39, 0.29) is 11.9 Å². The largest absolute Gasteiger partial charge is 0.346 e. The van der Waals surface area contributed by atoms with E-state index in [0.29, 0.717) is 5.02 Å². The van der Waals surface area contributed by atoms with Gasteiger partial charge in [-0.3, -0.25) is 4.79 Å². The highest BCUT2D eigenvalue weighted by Crippen LogP contribution is 2.12. The molecule has 102 valence electrons. The van der Waals surface area contributed by atoms with Crippen molar-refractivity contribution in [2.24, 2.45) is 0 Å². The Kier molecular flexibility index (Phi) is 4.97. The number of amides is 1. The number of hydrogen-bond donors (Lipinski definition) is 1. The minimum Gasteiger partial charge on any atom is -0.346 e. The van der Waals surface area contributed by atoms with Gasteiger partial charge in [-0.25, -0.2) is 0 Å². The maximum absolute atomic E-state index is 11.8. The number of benzene rings is 2. The Bertz CT molecular complexity index is 590. The normalized spacial score (nSPS) is 12.3. The third kappa shape index (κ3) is 4.25. The van der Waals surface area contributed by atoms with Gasteiger partial charge in [-0.1, -0.05) is 54.1 Å². The van der Waals surface area contributed by atoms with Gasteiger partial charge in [-0.2, -0.15) is 0 Å². The molecule has 0 aromatic heterocycles. The van der Waals surface area contributed by atoms with Gasteiger partial charge in [0.2, 0.25) is 5.91 Å². The van der Waals surface area contributed by atoms with Crippen LogP contribution in [0.4, 0.5) is 0 Å². The number of carbonyl (C=O) groups is 1. The van der Waals surface area contributed by atoms with Crippen molar-refractivity contribution in [3.8, 4) is 0 Å². The van der Waals surface area contributed by atoms with Crippen LogP contribution < -0.4 is 5.32 Å². The molecule has 0 fully saturated rings. The molecular formula is C17H16ClNO. The fraction of sp³-hybridized carbons (Fsp3) is 0.118. The van der Waals surface area contributed by atoms with Crippen molar-refractivity contribution in [1.82, 2.24) is 5.32 Å². The van der Waals surface area contributed by atoms with E-state index in [0.717, 1.165) is 11.1 Å². The Labute approximate surface area is 124 Å². The Hall–Kier alpha value is -2.06. The molecule has 20 heavy (non-hydrogen) atoms. The van der Waals surface area contributed by atoms with Gasteiger partial charge in [0, 0.05) is 11.1 Å². The van der Waals surface area contributed by atoms with Crippen LogP contribution in [-0.4, -0.2) is 5.91 Å². The quantitative estimate of drug-likeness (QED) is 0.837. The molecule has 0 saturated carbocycles. The fourth-order valence-electron chi connectivity index (χ4n) is 1.83. The average Bonchev–Trinajstić information content (AvgIpc) is 2.47. The minimum atomic E-state index is -0.115. The van der Waals surface area contributed by atoms with Gasteiger partial charge >= 0.3 is 0 Å². The molecule has 0 heterocycles. The molecule has 2 nitrogen and oxygen atoms in total. The van der Waals surface area contributed by atoms with Crippen LogP contribution >= 0.6 is 11.6 Å². The second-order valence-electron chi connectivity index (χ2n) is 4.53. The van der Waals surface area contributed by atoms with Crippen molar-refractivity contribution in [2.75, 3.05) is 0 Å². The van der Waals surface area contributed by atoms with E-state index >= 15 is 0 Å². The first kappa shape index (κ1) is 14.4. The molecular weight excluding hydrogens is 270 g/mol. The van der Waals surface area contributed by atoms with Gasteiger partial charge in [-0.15, -0.1) is 0 Å². The fourth-order valence-corrected chi connectivity index (χ4v) is 1.96. The van der Waals surface area contributed by atoms with Crippen LogP contribution in [0.25, 0.3) is 6.08 Å². The van der Waals surface area contributed by atoms with E-state index in [1.807, 2.05) is 49.4 Å². The molecule has 0 aliphatic carbocycles. The lowest BCUT2D eigenvalue weighted by Crippen LogP contribution is -2.24. The smallest absolute Gasteiger partial charge is 0.244 e. The highest BCUT2D eigenvalue weighted by molar-refractivity contribution is 6.30. The van der Waals surface area contributed by atoms with Crippen LogP contribution in [0.5, 0.6) is 0 Å². The van der Waals surface area contributed by atoms with Crippen LogP contribution in [-0.2, 0) is 4.79 Å². The zero-order valence-corrected chi connectivity index (χ0v) is 12.0. The van der Waals surface area contributed by atoms with Crippen molar-refractivity contribution >= 4 is 23.6 Å². The predicted molar refractivity (Wildman–Crippen MR) is 83.5 cm³/mol. The highest BCUT2D eigenvalue weighted by Gasteiger charge is 2.06. The van der Waals surface area contributed by atoms with Crippen LogP contribution in [0.1, 0.15) is 24.1 Å². The Balaban J connectivity index is 1.94. The van der Waals surface area contributed by atoms with Crippen molar-refractivity contribution in [2.45, 2.75) is 13.0 Å². The summed E-state index contributed by atoms with van der Waals surface area (Å²) in [6.07, 6.45) is 3.30. The third-order valence-corrected chi connectivity index (χ3v) is 3.21. The van der Waals surface area contributed by atoms with Gasteiger partial charge in [0.05, 0.1) is 6.04 Å². The molecule has 0 aliphatic rings. The lowest BCUT2D eigenvalue weighted by molar-refractivity contribution is -0.117. The van der Waals surface area contributed by atoms with E-state index in [2.05, 4.69) is 5.32 Å². The first-order chi connectivity index (χ1) is 9.65. The average molecular weight is 286 g/mol. The van der Waals surface area contributed by atoms with Crippen LogP contribution in [0.15, 0.2) is 60.7 Å². The Morgan fingerprint density at radius 3 is 2.40 bits per heavy atom. The molecule has 2 rings (SSSR count). The van der Waals surface area contributed by atoms with E-state index in [9.17, 15) is 4.79 Å². The van der Waals surface area contributed by atoms with Crippen LogP contribution in [0.3, 0.4) is 0 Å². The van der Waals surface area contributed by atoms with E-state index < -0.39 is 0 Å². The number of rotatable bonds is 4. The number of hydrogen-bond acceptors (Lipinski definition) is 1. The van der Waals surface area contributed by atoms with Gasteiger partial charge in [0.15, 0.2) is 0 Å². The molecule has 1 atom stereocenters. The lowest BCUT2D eigenvalue weighted by atomic mass is 10.1. The zero-order chi connectivity index (χ0) is 14.4. The monoisotopic (exact) mass is 285 g/mol. The molecule has 0 radical (unpaired) electrons. The van der Waals surface area contributed by atoms with Gasteiger partial charge in [0.1, 0.15) is 0 Å². The van der Waals surface area contributed by atoms with Crippen molar-refractivity contribution in [1.29, 1.82) is 0 Å². The zero-order valence-electron chi connectivity index (χ0n) is 11.2. The molecule has 3 heteroatoms. The lowest BCUT2D eigenvalue weighted by Gasteiger charge is -2.12. The minimum absolute atomic E-state index is 0.0152. The summed E-state index contributed by atoms with van der Waals surface area (Å²) in [5, 5.41) is 3.61. The topological polar surface area (TPSA) is 29.1 Å². The summed E-state index contributed by atoms with van der Waals surface area (Å²) in [5.74, 6) is -0.115. The molecule has 0 unspecified atom stereocenters. The van der Waals surface area contributed by atoms with Crippen LogP contribution in [0.2, 0.25) is 5.02 Å². The summed E-state index contributed by atoms with van der Waals surface area (Å²) < 4.78 is 0. The predicted octanol–water partition coefficient (Wildman–Crippen LogP) is 4.23. The van der Waals surface area contributed by atoms with Crippen molar-refractivity contribution < 1.29 is 4.79 Å². The van der Waals surface area contributed by atoms with Gasteiger partial charge in [-0.05, 0) is 36.3 Å². The first-order valence-electron chi connectivity index (χ1n) is 6.44. The molecule has 1 amide bonds. The van der Waals surface area contributed by atoms with E-state index in [1.54, 1.807) is 18.2 Å². The maximum Gasteiger partial charge on any atom is 0.244 e. The number of carbonyl (C=O) groups excluding carboxylic acids is 1. The molecule has 2 aromatic carbocycles.